The number of rotatable bonds is 9. The standard InChI is InChI=1S/C12H2F22O/c13-2(5(17,18)8(23,24)11(29,30)31)3(14)6(19,20)35-1-4(15,16)7(21,22)9(25,26)10(27,28)12(32,33)34/h1H2. The van der Waals surface area contributed by atoms with E-state index in [0.717, 1.165) is 0 Å². The summed E-state index contributed by atoms with van der Waals surface area (Å²) in [6.07, 6.45) is -22.2. The molecule has 0 N–H and O–H groups in total. The highest BCUT2D eigenvalue weighted by Gasteiger charge is 2.87. The van der Waals surface area contributed by atoms with Crippen LogP contribution in [0.3, 0.4) is 0 Å². The number of halogens is 22. The largest absolute Gasteiger partial charge is 0.460 e. The third kappa shape index (κ3) is 5.18. The van der Waals surface area contributed by atoms with Crippen molar-refractivity contribution in [1.29, 1.82) is 0 Å². The average Bonchev–Trinajstić information content (AvgIpc) is 2.62. The van der Waals surface area contributed by atoms with Gasteiger partial charge in [0.25, 0.3) is 0 Å². The number of alkyl halides is 20. The first-order valence-corrected chi connectivity index (χ1v) is 7.25. The van der Waals surface area contributed by atoms with Gasteiger partial charge in [-0.15, -0.1) is 0 Å². The van der Waals surface area contributed by atoms with Crippen LogP contribution < -0.4 is 0 Å². The number of ether oxygens (including phenoxy) is 1. The van der Waals surface area contributed by atoms with E-state index in [2.05, 4.69) is 0 Å². The van der Waals surface area contributed by atoms with Gasteiger partial charge < -0.3 is 4.74 Å². The number of hydrogen-bond donors (Lipinski definition) is 0. The molecule has 0 aromatic heterocycles. The van der Waals surface area contributed by atoms with Crippen molar-refractivity contribution in [2.45, 2.75) is 54.0 Å². The summed E-state index contributed by atoms with van der Waals surface area (Å²) >= 11 is 0. The molecule has 0 atom stereocenters. The van der Waals surface area contributed by atoms with Gasteiger partial charge in [0.05, 0.1) is 0 Å². The van der Waals surface area contributed by atoms with Crippen molar-refractivity contribution < 1.29 is 101 Å². The maximum absolute atomic E-state index is 13.2. The molecular formula is C12H2F22O. The molecule has 0 bridgehead atoms. The molecule has 0 rings (SSSR count). The van der Waals surface area contributed by atoms with Crippen molar-refractivity contribution >= 4 is 0 Å². The van der Waals surface area contributed by atoms with Crippen LogP contribution in [0.25, 0.3) is 0 Å². The second-order valence-electron chi connectivity index (χ2n) is 6.01. The molecule has 0 saturated carbocycles. The molecule has 0 spiro atoms. The first-order valence-electron chi connectivity index (χ1n) is 7.25. The van der Waals surface area contributed by atoms with Crippen molar-refractivity contribution in [2.24, 2.45) is 0 Å². The van der Waals surface area contributed by atoms with Gasteiger partial charge in [0, 0.05) is 0 Å². The lowest BCUT2D eigenvalue weighted by Gasteiger charge is -2.37. The molecule has 0 amide bonds. The number of hydrogen-bond acceptors (Lipinski definition) is 1. The summed E-state index contributed by atoms with van der Waals surface area (Å²) in [6, 6.07) is 0. The molecule has 0 aromatic carbocycles. The third-order valence-electron chi connectivity index (χ3n) is 3.51. The van der Waals surface area contributed by atoms with Gasteiger partial charge in [0.15, 0.2) is 0 Å². The van der Waals surface area contributed by atoms with E-state index in [9.17, 15) is 96.6 Å². The average molecular weight is 580 g/mol. The minimum absolute atomic E-state index is 2.00. The van der Waals surface area contributed by atoms with Crippen molar-refractivity contribution in [3.63, 3.8) is 0 Å². The molecule has 210 valence electrons. The maximum atomic E-state index is 13.2. The molecule has 0 aliphatic carbocycles. The van der Waals surface area contributed by atoms with Crippen LogP contribution in [0.4, 0.5) is 96.6 Å². The lowest BCUT2D eigenvalue weighted by atomic mass is 9.98. The van der Waals surface area contributed by atoms with Gasteiger partial charge in [-0.3, -0.25) is 0 Å². The van der Waals surface area contributed by atoms with Crippen molar-refractivity contribution in [3.05, 3.63) is 11.7 Å². The highest BCUT2D eigenvalue weighted by Crippen LogP contribution is 2.58. The normalized spacial score (nSPS) is 17.0. The monoisotopic (exact) mass is 580 g/mol. The van der Waals surface area contributed by atoms with E-state index in [1.165, 1.54) is 0 Å². The minimum atomic E-state index is -8.21. The van der Waals surface area contributed by atoms with Gasteiger partial charge in [-0.25, -0.2) is 4.39 Å². The Morgan fingerprint density at radius 1 is 0.429 bits per heavy atom. The second-order valence-corrected chi connectivity index (χ2v) is 6.01. The van der Waals surface area contributed by atoms with Crippen LogP contribution in [-0.2, 0) is 4.74 Å². The maximum Gasteiger partial charge on any atom is 0.460 e. The van der Waals surface area contributed by atoms with E-state index in [1.54, 1.807) is 0 Å². The Morgan fingerprint density at radius 3 is 1.09 bits per heavy atom. The summed E-state index contributed by atoms with van der Waals surface area (Å²) in [5, 5.41) is 0. The van der Waals surface area contributed by atoms with E-state index in [-0.39, 0.29) is 0 Å². The van der Waals surface area contributed by atoms with E-state index >= 15 is 0 Å². The molecule has 0 saturated heterocycles. The zero-order valence-corrected chi connectivity index (χ0v) is 14.9. The van der Waals surface area contributed by atoms with Gasteiger partial charge in [-0.2, -0.15) is 92.2 Å². The Hall–Kier alpha value is -1.84. The topological polar surface area (TPSA) is 9.23 Å². The highest BCUT2D eigenvalue weighted by molar-refractivity contribution is 5.19. The fourth-order valence-electron chi connectivity index (χ4n) is 1.52. The predicted octanol–water partition coefficient (Wildman–Crippen LogP) is 7.68. The third-order valence-corrected chi connectivity index (χ3v) is 3.51. The first kappa shape index (κ1) is 33.2. The molecule has 0 aliphatic rings. The molecule has 0 aliphatic heterocycles. The Morgan fingerprint density at radius 2 is 0.771 bits per heavy atom. The molecule has 0 radical (unpaired) electrons. The lowest BCUT2D eigenvalue weighted by Crippen LogP contribution is -2.67. The molecule has 1 nitrogen and oxygen atoms in total. The van der Waals surface area contributed by atoms with E-state index in [1.807, 2.05) is 4.74 Å². The van der Waals surface area contributed by atoms with Gasteiger partial charge in [-0.1, -0.05) is 0 Å². The summed E-state index contributed by atoms with van der Waals surface area (Å²) < 4.78 is 279. The summed E-state index contributed by atoms with van der Waals surface area (Å²) in [6.45, 7) is -4.35. The molecular weight excluding hydrogens is 578 g/mol. The zero-order chi connectivity index (χ0) is 29.1. The smallest absolute Gasteiger partial charge is 0.308 e. The highest BCUT2D eigenvalue weighted by atomic mass is 19.4. The van der Waals surface area contributed by atoms with Gasteiger partial charge in [0.1, 0.15) is 6.61 Å². The van der Waals surface area contributed by atoms with Crippen LogP contribution in [-0.4, -0.2) is 60.6 Å². The van der Waals surface area contributed by atoms with Gasteiger partial charge in [-0.05, 0) is 0 Å². The molecule has 23 heteroatoms. The summed E-state index contributed by atoms with van der Waals surface area (Å²) in [5.41, 5.74) is 0. The molecule has 0 unspecified atom stereocenters. The van der Waals surface area contributed by atoms with Crippen LogP contribution in [0, 0.1) is 0 Å². The second kappa shape index (κ2) is 8.63. The van der Waals surface area contributed by atoms with Crippen LogP contribution in [0.2, 0.25) is 0 Å². The van der Waals surface area contributed by atoms with Crippen molar-refractivity contribution in [2.75, 3.05) is 6.61 Å². The summed E-state index contributed by atoms with van der Waals surface area (Å²) in [7, 11) is 0. The Balaban J connectivity index is 6.25. The zero-order valence-electron chi connectivity index (χ0n) is 14.9. The quantitative estimate of drug-likeness (QED) is 0.255. The SMILES string of the molecule is FC(=C(F)C(F)(F)C(F)(F)C(F)(F)F)C(F)(F)OCC(F)(F)C(F)(F)C(F)(F)C(F)(F)C(F)(F)F. The fourth-order valence-corrected chi connectivity index (χ4v) is 1.52. The van der Waals surface area contributed by atoms with Crippen LogP contribution in [0.15, 0.2) is 11.7 Å². The molecule has 0 heterocycles. The summed E-state index contributed by atoms with van der Waals surface area (Å²) in [5.74, 6) is -57.0. The molecule has 0 fully saturated rings. The molecule has 0 aromatic rings. The fraction of sp³-hybridized carbons (Fsp3) is 0.833. The van der Waals surface area contributed by atoms with Crippen molar-refractivity contribution in [3.8, 4) is 0 Å². The van der Waals surface area contributed by atoms with Crippen LogP contribution in [0.5, 0.6) is 0 Å². The number of allylic oxidation sites excluding steroid dienone is 1. The predicted molar refractivity (Wildman–Crippen MR) is 61.9 cm³/mol. The lowest BCUT2D eigenvalue weighted by molar-refractivity contribution is -0.428. The van der Waals surface area contributed by atoms with Crippen molar-refractivity contribution in [1.82, 2.24) is 0 Å². The molecule has 35 heavy (non-hydrogen) atoms. The van der Waals surface area contributed by atoms with E-state index in [4.69, 9.17) is 0 Å². The van der Waals surface area contributed by atoms with Gasteiger partial charge >= 0.3 is 54.0 Å². The Kier molecular flexibility index (Phi) is 8.17. The summed E-state index contributed by atoms with van der Waals surface area (Å²) in [4.78, 5) is 0. The Bertz CT molecular complexity index is 796. The van der Waals surface area contributed by atoms with Crippen LogP contribution >= 0.6 is 0 Å². The van der Waals surface area contributed by atoms with Gasteiger partial charge in [0.2, 0.25) is 11.7 Å². The minimum Gasteiger partial charge on any atom is -0.308 e. The first-order chi connectivity index (χ1) is 14.8. The van der Waals surface area contributed by atoms with E-state index < -0.39 is 72.3 Å². The van der Waals surface area contributed by atoms with E-state index in [0.29, 0.717) is 0 Å². The Labute approximate surface area is 175 Å². The van der Waals surface area contributed by atoms with Crippen LogP contribution in [0.1, 0.15) is 0 Å².